The van der Waals surface area contributed by atoms with Gasteiger partial charge in [0.1, 0.15) is 5.60 Å². The number of hydrogen-bond acceptors (Lipinski definition) is 3. The van der Waals surface area contributed by atoms with E-state index in [1.807, 2.05) is 27.8 Å². The van der Waals surface area contributed by atoms with Crippen molar-refractivity contribution in [1.82, 2.24) is 9.80 Å². The number of likely N-dealkylation sites (N-methyl/N-ethyl adjacent to an activating group) is 1. The fourth-order valence-electron chi connectivity index (χ4n) is 2.75. The first kappa shape index (κ1) is 18.3. The molecule has 128 valence electrons. The molecule has 1 aliphatic heterocycles. The van der Waals surface area contributed by atoms with Crippen molar-refractivity contribution < 1.29 is 9.53 Å². The highest BCUT2D eigenvalue weighted by Crippen LogP contribution is 2.18. The van der Waals surface area contributed by atoms with E-state index in [9.17, 15) is 4.79 Å². The smallest absolute Gasteiger partial charge is 0.410 e. The van der Waals surface area contributed by atoms with E-state index in [2.05, 4.69) is 45.1 Å². The summed E-state index contributed by atoms with van der Waals surface area (Å²) in [6.45, 7) is 8.69. The molecule has 1 heterocycles. The van der Waals surface area contributed by atoms with Crippen LogP contribution in [0.1, 0.15) is 32.8 Å². The minimum Gasteiger partial charge on any atom is -0.444 e. The first-order valence-electron chi connectivity index (χ1n) is 8.17. The Morgan fingerprint density at radius 1 is 1.35 bits per heavy atom. The predicted octanol–water partition coefficient (Wildman–Crippen LogP) is 3.93. The van der Waals surface area contributed by atoms with Gasteiger partial charge in [-0.25, -0.2) is 4.79 Å². The predicted molar refractivity (Wildman–Crippen MR) is 96.7 cm³/mol. The number of hydrogen-bond donors (Lipinski definition) is 0. The first-order chi connectivity index (χ1) is 10.7. The fraction of sp³-hybridized carbons (Fsp3) is 0.611. The molecule has 0 aliphatic carbocycles. The van der Waals surface area contributed by atoms with E-state index in [0.717, 1.165) is 36.9 Å². The molecule has 1 atom stereocenters. The minimum absolute atomic E-state index is 0.225. The Hall–Kier alpha value is -1.07. The number of nitrogens with zero attached hydrogens (tertiary/aromatic N) is 2. The molecule has 0 radical (unpaired) electrons. The van der Waals surface area contributed by atoms with E-state index in [1.54, 1.807) is 4.90 Å². The van der Waals surface area contributed by atoms with Gasteiger partial charge in [-0.05, 0) is 51.3 Å². The largest absolute Gasteiger partial charge is 0.444 e. The van der Waals surface area contributed by atoms with Crippen LogP contribution < -0.4 is 0 Å². The third kappa shape index (κ3) is 5.81. The molecular weight excluding hydrogens is 356 g/mol. The van der Waals surface area contributed by atoms with E-state index in [4.69, 9.17) is 4.74 Å². The van der Waals surface area contributed by atoms with Crippen LogP contribution in [-0.4, -0.2) is 54.2 Å². The monoisotopic (exact) mass is 382 g/mol. The maximum atomic E-state index is 12.1. The normalized spacial score (nSPS) is 18.9. The molecule has 0 aromatic heterocycles. The quantitative estimate of drug-likeness (QED) is 0.790. The summed E-state index contributed by atoms with van der Waals surface area (Å²) in [5.41, 5.74) is 0.905. The summed E-state index contributed by atoms with van der Waals surface area (Å²) in [5.74, 6) is 0. The van der Waals surface area contributed by atoms with Gasteiger partial charge < -0.3 is 14.5 Å². The molecule has 0 bridgehead atoms. The number of amides is 1. The lowest BCUT2D eigenvalue weighted by Crippen LogP contribution is -2.42. The van der Waals surface area contributed by atoms with Crippen molar-refractivity contribution in [2.45, 2.75) is 45.3 Å². The van der Waals surface area contributed by atoms with Crippen LogP contribution in [0.15, 0.2) is 28.7 Å². The number of carbonyl (C=O) groups excluding carboxylic acids is 1. The summed E-state index contributed by atoms with van der Waals surface area (Å²) >= 11 is 3.46. The van der Waals surface area contributed by atoms with Crippen molar-refractivity contribution in [3.8, 4) is 0 Å². The van der Waals surface area contributed by atoms with Crippen molar-refractivity contribution in [2.24, 2.45) is 0 Å². The van der Waals surface area contributed by atoms with E-state index < -0.39 is 5.60 Å². The highest BCUT2D eigenvalue weighted by Gasteiger charge is 2.30. The number of carbonyl (C=O) groups is 1. The molecule has 1 amide bonds. The maximum absolute atomic E-state index is 12.1. The molecule has 2 rings (SSSR count). The molecule has 1 unspecified atom stereocenters. The van der Waals surface area contributed by atoms with Crippen LogP contribution in [0.5, 0.6) is 0 Å². The van der Waals surface area contributed by atoms with Crippen LogP contribution in [0.25, 0.3) is 0 Å². The Labute approximate surface area is 147 Å². The van der Waals surface area contributed by atoms with Crippen molar-refractivity contribution in [2.75, 3.05) is 26.7 Å². The van der Waals surface area contributed by atoms with Gasteiger partial charge in [-0.15, -0.1) is 0 Å². The summed E-state index contributed by atoms with van der Waals surface area (Å²) in [7, 11) is 1.84. The van der Waals surface area contributed by atoms with Crippen LogP contribution >= 0.6 is 15.9 Å². The molecule has 0 N–H and O–H groups in total. The van der Waals surface area contributed by atoms with Gasteiger partial charge in [0.2, 0.25) is 0 Å². The second-order valence-corrected chi connectivity index (χ2v) is 8.13. The highest BCUT2D eigenvalue weighted by molar-refractivity contribution is 9.10. The summed E-state index contributed by atoms with van der Waals surface area (Å²) < 4.78 is 6.56. The molecular formula is C18H27BrN2O2. The number of likely N-dealkylation sites (tertiary alicyclic amines) is 1. The minimum atomic E-state index is -0.439. The van der Waals surface area contributed by atoms with Gasteiger partial charge in [-0.2, -0.15) is 0 Å². The van der Waals surface area contributed by atoms with Crippen LogP contribution in [0.4, 0.5) is 4.79 Å². The lowest BCUT2D eigenvalue weighted by Gasteiger charge is -2.28. The van der Waals surface area contributed by atoms with Gasteiger partial charge in [-0.3, -0.25) is 0 Å². The maximum Gasteiger partial charge on any atom is 0.410 e. The van der Waals surface area contributed by atoms with Gasteiger partial charge in [0.25, 0.3) is 0 Å². The third-order valence-electron chi connectivity index (χ3n) is 4.11. The molecule has 1 saturated heterocycles. The van der Waals surface area contributed by atoms with Crippen molar-refractivity contribution in [3.63, 3.8) is 0 Å². The van der Waals surface area contributed by atoms with Gasteiger partial charge >= 0.3 is 6.09 Å². The second kappa shape index (κ2) is 7.67. The average Bonchev–Trinajstić information content (AvgIpc) is 2.93. The molecule has 0 spiro atoms. The number of benzene rings is 1. The zero-order valence-electron chi connectivity index (χ0n) is 14.5. The Bertz CT molecular complexity index is 525. The van der Waals surface area contributed by atoms with Crippen LogP contribution in [0.3, 0.4) is 0 Å². The second-order valence-electron chi connectivity index (χ2n) is 7.21. The van der Waals surface area contributed by atoms with E-state index in [0.29, 0.717) is 0 Å². The molecule has 23 heavy (non-hydrogen) atoms. The highest BCUT2D eigenvalue weighted by atomic mass is 79.9. The zero-order chi connectivity index (χ0) is 17.0. The summed E-state index contributed by atoms with van der Waals surface area (Å²) in [6.07, 6.45) is 1.82. The van der Waals surface area contributed by atoms with Gasteiger partial charge in [-0.1, -0.05) is 28.1 Å². The van der Waals surface area contributed by atoms with Crippen LogP contribution in [-0.2, 0) is 11.2 Å². The Balaban J connectivity index is 1.79. The van der Waals surface area contributed by atoms with Crippen molar-refractivity contribution >= 4 is 22.0 Å². The molecule has 0 saturated carbocycles. The number of ether oxygens (including phenoxy) is 1. The molecule has 5 heteroatoms. The van der Waals surface area contributed by atoms with Gasteiger partial charge in [0, 0.05) is 37.2 Å². The van der Waals surface area contributed by atoms with Gasteiger partial charge in [0.05, 0.1) is 0 Å². The fourth-order valence-corrected chi connectivity index (χ4v) is 3.02. The lowest BCUT2D eigenvalue weighted by atomic mass is 10.1. The van der Waals surface area contributed by atoms with Gasteiger partial charge in [0.15, 0.2) is 0 Å². The molecule has 1 aromatic rings. The Morgan fingerprint density at radius 3 is 2.61 bits per heavy atom. The van der Waals surface area contributed by atoms with E-state index in [-0.39, 0.29) is 12.1 Å². The number of halogens is 1. The molecule has 1 aliphatic rings. The van der Waals surface area contributed by atoms with Crippen LogP contribution in [0, 0.1) is 0 Å². The van der Waals surface area contributed by atoms with Crippen LogP contribution in [0.2, 0.25) is 0 Å². The molecule has 1 fully saturated rings. The Morgan fingerprint density at radius 2 is 2.00 bits per heavy atom. The summed E-state index contributed by atoms with van der Waals surface area (Å²) in [6, 6.07) is 8.72. The molecule has 4 nitrogen and oxygen atoms in total. The topological polar surface area (TPSA) is 32.8 Å². The Kier molecular flexibility index (Phi) is 6.09. The standard InChI is InChI=1S/C18H27BrN2O2/c1-18(2,3)23-17(22)20(4)16-10-12-21(13-16)11-9-14-5-7-15(19)8-6-14/h5-8,16H,9-13H2,1-4H3. The lowest BCUT2D eigenvalue weighted by molar-refractivity contribution is 0.0228. The summed E-state index contributed by atoms with van der Waals surface area (Å²) in [4.78, 5) is 16.3. The third-order valence-corrected chi connectivity index (χ3v) is 4.64. The zero-order valence-corrected chi connectivity index (χ0v) is 16.1. The number of rotatable bonds is 4. The average molecular weight is 383 g/mol. The van der Waals surface area contributed by atoms with E-state index in [1.165, 1.54) is 5.56 Å². The van der Waals surface area contributed by atoms with Crippen molar-refractivity contribution in [1.29, 1.82) is 0 Å². The molecule has 1 aromatic carbocycles. The first-order valence-corrected chi connectivity index (χ1v) is 8.96. The SMILES string of the molecule is CN(C(=O)OC(C)(C)C)C1CCN(CCc2ccc(Br)cc2)C1. The van der Waals surface area contributed by atoms with E-state index >= 15 is 0 Å². The van der Waals surface area contributed by atoms with Crippen molar-refractivity contribution in [3.05, 3.63) is 34.3 Å². The summed E-state index contributed by atoms with van der Waals surface area (Å²) in [5, 5.41) is 0.